The van der Waals surface area contributed by atoms with E-state index in [9.17, 15) is 14.2 Å². The second-order valence-corrected chi connectivity index (χ2v) is 9.59. The largest absolute Gasteiger partial charge is 0.349 e. The third-order valence-corrected chi connectivity index (χ3v) is 6.37. The van der Waals surface area contributed by atoms with Crippen LogP contribution in [0.1, 0.15) is 34.1 Å². The molecule has 3 amide bonds. The molecule has 0 saturated heterocycles. The summed E-state index contributed by atoms with van der Waals surface area (Å²) in [5, 5.41) is 7.99. The molecule has 8 nitrogen and oxygen atoms in total. The number of rotatable bonds is 12. The van der Waals surface area contributed by atoms with Crippen LogP contribution in [0.2, 0.25) is 0 Å². The third kappa shape index (κ3) is 9.67. The minimum absolute atomic E-state index is 0.164. The van der Waals surface area contributed by atoms with Gasteiger partial charge in [-0.05, 0) is 56.7 Å². The number of carbonyl (C=O) groups is 2. The average Bonchev–Trinajstić information content (AvgIpc) is 2.66. The van der Waals surface area contributed by atoms with Crippen LogP contribution in [-0.4, -0.2) is 43.7 Å². The summed E-state index contributed by atoms with van der Waals surface area (Å²) in [7, 11) is -3.41. The number of carbonyl (C=O) groups excluding carboxylic acids is 2. The van der Waals surface area contributed by atoms with Crippen LogP contribution in [0.15, 0.2) is 29.2 Å². The van der Waals surface area contributed by atoms with E-state index in [-0.39, 0.29) is 25.4 Å². The number of benzene rings is 1. The number of anilines is 1. The van der Waals surface area contributed by atoms with E-state index in [1.807, 2.05) is 32.2 Å². The predicted octanol–water partition coefficient (Wildman–Crippen LogP) is 4.28. The summed E-state index contributed by atoms with van der Waals surface area (Å²) in [6.07, 6.45) is 2.15. The Labute approximate surface area is 177 Å². The van der Waals surface area contributed by atoms with Crippen molar-refractivity contribution in [2.45, 2.75) is 45.1 Å². The smallest absolute Gasteiger partial charge is 0.343 e. The second-order valence-electron chi connectivity index (χ2n) is 6.65. The van der Waals surface area contributed by atoms with Crippen LogP contribution in [0.5, 0.6) is 0 Å². The maximum absolute atomic E-state index is 12.6. The molecule has 29 heavy (non-hydrogen) atoms. The van der Waals surface area contributed by atoms with E-state index in [1.165, 1.54) is 0 Å². The summed E-state index contributed by atoms with van der Waals surface area (Å²) in [6.45, 7) is 7.72. The van der Waals surface area contributed by atoms with Gasteiger partial charge in [-0.15, -0.1) is 11.8 Å². The van der Waals surface area contributed by atoms with Gasteiger partial charge < -0.3 is 25.0 Å². The van der Waals surface area contributed by atoms with Gasteiger partial charge in [0.05, 0.1) is 13.2 Å². The fraction of sp³-hybridized carbons (Fsp3) is 0.579. The van der Waals surface area contributed by atoms with Crippen molar-refractivity contribution in [1.29, 1.82) is 0 Å². The Kier molecular flexibility index (Phi) is 11.3. The highest BCUT2D eigenvalue weighted by atomic mass is 32.2. The van der Waals surface area contributed by atoms with Crippen molar-refractivity contribution in [2.75, 3.05) is 31.1 Å². The first-order valence-corrected chi connectivity index (χ1v) is 12.6. The second kappa shape index (κ2) is 12.9. The Balaban J connectivity index is 2.72. The summed E-state index contributed by atoms with van der Waals surface area (Å²) < 4.78 is 22.9. The number of urea groups is 1. The summed E-state index contributed by atoms with van der Waals surface area (Å²) >= 11 is 1.61. The molecule has 0 aliphatic rings. The summed E-state index contributed by atoms with van der Waals surface area (Å²) in [5.41, 5.74) is 0.626. The lowest BCUT2D eigenvalue weighted by molar-refractivity contribution is -0.123. The van der Waals surface area contributed by atoms with Crippen molar-refractivity contribution in [3.8, 4) is 0 Å². The first-order valence-electron chi connectivity index (χ1n) is 9.60. The average molecular weight is 446 g/mol. The van der Waals surface area contributed by atoms with E-state index in [2.05, 4.69) is 16.0 Å². The van der Waals surface area contributed by atoms with Crippen molar-refractivity contribution in [2.24, 2.45) is 5.92 Å². The fourth-order valence-corrected chi connectivity index (χ4v) is 4.32. The molecule has 0 unspecified atom stereocenters. The van der Waals surface area contributed by atoms with E-state index >= 15 is 0 Å². The normalized spacial score (nSPS) is 12.5. The fourth-order valence-electron chi connectivity index (χ4n) is 2.52. The van der Waals surface area contributed by atoms with Gasteiger partial charge in [-0.1, -0.05) is 13.8 Å². The lowest BCUT2D eigenvalue weighted by atomic mass is 10.0. The highest BCUT2D eigenvalue weighted by Gasteiger charge is 2.28. The third-order valence-electron chi connectivity index (χ3n) is 3.78. The van der Waals surface area contributed by atoms with Crippen molar-refractivity contribution >= 4 is 37.0 Å². The standard InChI is InChI=1S/C19H32N3O5PS/c1-6-26-28(25,27-7-2)13-20-18(23)17(12-14(3)4)22-19(24)21-15-8-10-16(29-5)11-9-15/h8-11,14,17H,6-7,12-13H2,1-5H3,(H,20,23)(H2,21,22,24)/t17-/m0/s1. The molecule has 0 heterocycles. The van der Waals surface area contributed by atoms with Gasteiger partial charge in [0.2, 0.25) is 5.91 Å². The van der Waals surface area contributed by atoms with Crippen molar-refractivity contribution in [3.05, 3.63) is 24.3 Å². The van der Waals surface area contributed by atoms with Gasteiger partial charge in [0.15, 0.2) is 0 Å². The van der Waals surface area contributed by atoms with Gasteiger partial charge in [0.1, 0.15) is 12.3 Å². The molecule has 1 aromatic rings. The molecular weight excluding hydrogens is 413 g/mol. The summed E-state index contributed by atoms with van der Waals surface area (Å²) in [5.74, 6) is -0.274. The Morgan fingerprint density at radius 3 is 2.17 bits per heavy atom. The molecule has 164 valence electrons. The van der Waals surface area contributed by atoms with Crippen molar-refractivity contribution in [1.82, 2.24) is 10.6 Å². The molecule has 1 atom stereocenters. The van der Waals surface area contributed by atoms with Gasteiger partial charge in [0, 0.05) is 10.6 Å². The molecule has 0 radical (unpaired) electrons. The first-order chi connectivity index (χ1) is 13.7. The van der Waals surface area contributed by atoms with Gasteiger partial charge in [-0.25, -0.2) is 4.79 Å². The maximum atomic E-state index is 12.6. The zero-order valence-electron chi connectivity index (χ0n) is 17.7. The Bertz CT molecular complexity index is 690. The number of hydrogen-bond acceptors (Lipinski definition) is 6. The zero-order valence-corrected chi connectivity index (χ0v) is 19.4. The van der Waals surface area contributed by atoms with Crippen molar-refractivity contribution in [3.63, 3.8) is 0 Å². The minimum Gasteiger partial charge on any atom is -0.343 e. The van der Waals surface area contributed by atoms with Crippen LogP contribution in [-0.2, 0) is 18.4 Å². The van der Waals surface area contributed by atoms with Gasteiger partial charge in [-0.3, -0.25) is 9.36 Å². The molecule has 0 aliphatic carbocycles. The van der Waals surface area contributed by atoms with Crippen LogP contribution in [0.3, 0.4) is 0 Å². The molecule has 0 bridgehead atoms. The van der Waals surface area contributed by atoms with E-state index in [0.29, 0.717) is 12.1 Å². The molecule has 1 aromatic carbocycles. The Hall–Kier alpha value is -1.54. The monoisotopic (exact) mass is 445 g/mol. The molecule has 1 rings (SSSR count). The highest BCUT2D eigenvalue weighted by Crippen LogP contribution is 2.46. The highest BCUT2D eigenvalue weighted by molar-refractivity contribution is 7.98. The zero-order chi connectivity index (χ0) is 21.9. The van der Waals surface area contributed by atoms with Gasteiger partial charge >= 0.3 is 13.6 Å². The molecule has 0 fully saturated rings. The molecular formula is C19H32N3O5PS. The van der Waals surface area contributed by atoms with E-state index in [4.69, 9.17) is 9.05 Å². The van der Waals surface area contributed by atoms with E-state index in [0.717, 1.165) is 4.90 Å². The topological polar surface area (TPSA) is 106 Å². The molecule has 0 aromatic heterocycles. The Morgan fingerprint density at radius 2 is 1.69 bits per heavy atom. The SMILES string of the molecule is CCOP(=O)(CNC(=O)[C@H](CC(C)C)NC(=O)Nc1ccc(SC)cc1)OCC. The summed E-state index contributed by atoms with van der Waals surface area (Å²) in [4.78, 5) is 26.1. The summed E-state index contributed by atoms with van der Waals surface area (Å²) in [6, 6.07) is 6.12. The minimum atomic E-state index is -3.41. The number of nitrogens with one attached hydrogen (secondary N) is 3. The quantitative estimate of drug-likeness (QED) is 0.327. The van der Waals surface area contributed by atoms with Crippen LogP contribution < -0.4 is 16.0 Å². The van der Waals surface area contributed by atoms with E-state index < -0.39 is 25.6 Å². The van der Waals surface area contributed by atoms with Crippen LogP contribution in [0.25, 0.3) is 0 Å². The lowest BCUT2D eigenvalue weighted by Gasteiger charge is -2.22. The van der Waals surface area contributed by atoms with Gasteiger partial charge in [0.25, 0.3) is 0 Å². The van der Waals surface area contributed by atoms with Crippen LogP contribution >= 0.6 is 19.4 Å². The van der Waals surface area contributed by atoms with Crippen LogP contribution in [0, 0.1) is 5.92 Å². The lowest BCUT2D eigenvalue weighted by Crippen LogP contribution is -2.49. The number of hydrogen-bond donors (Lipinski definition) is 3. The first kappa shape index (κ1) is 25.5. The number of amides is 3. The van der Waals surface area contributed by atoms with E-state index in [1.54, 1.807) is 37.7 Å². The maximum Gasteiger partial charge on any atom is 0.349 e. The van der Waals surface area contributed by atoms with Crippen molar-refractivity contribution < 1.29 is 23.2 Å². The predicted molar refractivity (Wildman–Crippen MR) is 117 cm³/mol. The molecule has 0 spiro atoms. The molecule has 0 saturated carbocycles. The number of thioether (sulfide) groups is 1. The Morgan fingerprint density at radius 1 is 1.10 bits per heavy atom. The molecule has 10 heteroatoms. The van der Waals surface area contributed by atoms with Gasteiger partial charge in [-0.2, -0.15) is 0 Å². The molecule has 3 N–H and O–H groups in total. The molecule has 0 aliphatic heterocycles. The van der Waals surface area contributed by atoms with Crippen LogP contribution in [0.4, 0.5) is 10.5 Å².